The van der Waals surface area contributed by atoms with Gasteiger partial charge < -0.3 is 4.90 Å². The average molecular weight is 284 g/mol. The molecule has 2 heterocycles. The molecule has 0 N–H and O–H groups in total. The zero-order chi connectivity index (χ0) is 14.7. The minimum absolute atomic E-state index is 0.428. The SMILES string of the molecule is CCc1c(C=O)nnn1-c1ccc(N2CCCCC2)cc1. The molecule has 1 saturated heterocycles. The number of nitrogens with zero attached hydrogens (tertiary/aromatic N) is 4. The number of carbonyl (C=O) groups excluding carboxylic acids is 1. The molecule has 0 aliphatic carbocycles. The van der Waals surface area contributed by atoms with Gasteiger partial charge in [-0.3, -0.25) is 4.79 Å². The summed E-state index contributed by atoms with van der Waals surface area (Å²) in [6.45, 7) is 4.28. The van der Waals surface area contributed by atoms with E-state index in [9.17, 15) is 4.79 Å². The highest BCUT2D eigenvalue weighted by Gasteiger charge is 2.13. The van der Waals surface area contributed by atoms with E-state index in [0.717, 1.165) is 37.2 Å². The van der Waals surface area contributed by atoms with Crippen molar-refractivity contribution in [2.45, 2.75) is 32.6 Å². The molecular formula is C16H20N4O. The van der Waals surface area contributed by atoms with Gasteiger partial charge in [-0.25, -0.2) is 4.68 Å². The summed E-state index contributed by atoms with van der Waals surface area (Å²) in [4.78, 5) is 13.4. The molecular weight excluding hydrogens is 264 g/mol. The summed E-state index contributed by atoms with van der Waals surface area (Å²) in [7, 11) is 0. The van der Waals surface area contributed by atoms with Gasteiger partial charge in [-0.15, -0.1) is 5.10 Å². The van der Waals surface area contributed by atoms with E-state index in [0.29, 0.717) is 5.69 Å². The van der Waals surface area contributed by atoms with Gasteiger partial charge in [0.1, 0.15) is 5.69 Å². The lowest BCUT2D eigenvalue weighted by Crippen LogP contribution is -2.29. The van der Waals surface area contributed by atoms with Crippen molar-refractivity contribution in [2.75, 3.05) is 18.0 Å². The molecule has 0 atom stereocenters. The first kappa shape index (κ1) is 13.8. The average Bonchev–Trinajstić information content (AvgIpc) is 2.99. The number of hydrogen-bond donors (Lipinski definition) is 0. The van der Waals surface area contributed by atoms with Gasteiger partial charge in [0.2, 0.25) is 0 Å². The Labute approximate surface area is 124 Å². The largest absolute Gasteiger partial charge is 0.372 e. The number of anilines is 1. The number of rotatable bonds is 4. The van der Waals surface area contributed by atoms with E-state index >= 15 is 0 Å². The molecule has 1 aromatic carbocycles. The number of piperidine rings is 1. The van der Waals surface area contributed by atoms with Gasteiger partial charge in [-0.1, -0.05) is 12.1 Å². The van der Waals surface area contributed by atoms with E-state index in [1.54, 1.807) is 4.68 Å². The summed E-state index contributed by atoms with van der Waals surface area (Å²) in [5, 5.41) is 8.02. The minimum Gasteiger partial charge on any atom is -0.372 e. The summed E-state index contributed by atoms with van der Waals surface area (Å²) < 4.78 is 1.75. The van der Waals surface area contributed by atoms with Crippen molar-refractivity contribution >= 4 is 12.0 Å². The molecule has 21 heavy (non-hydrogen) atoms. The molecule has 5 heteroatoms. The Morgan fingerprint density at radius 3 is 2.38 bits per heavy atom. The fourth-order valence-electron chi connectivity index (χ4n) is 2.90. The van der Waals surface area contributed by atoms with Crippen molar-refractivity contribution in [3.05, 3.63) is 35.7 Å². The van der Waals surface area contributed by atoms with Crippen LogP contribution in [0.2, 0.25) is 0 Å². The standard InChI is InChI=1S/C16H20N4O/c1-2-16-15(12-21)17-18-20(16)14-8-6-13(7-9-14)19-10-4-3-5-11-19/h6-9,12H,2-5,10-11H2,1H3. The fraction of sp³-hybridized carbons (Fsp3) is 0.438. The maximum absolute atomic E-state index is 11.0. The van der Waals surface area contributed by atoms with Crippen LogP contribution in [0.4, 0.5) is 5.69 Å². The topological polar surface area (TPSA) is 51.0 Å². The molecule has 0 spiro atoms. The van der Waals surface area contributed by atoms with E-state index in [1.807, 2.05) is 19.1 Å². The van der Waals surface area contributed by atoms with Crippen LogP contribution in [0.25, 0.3) is 5.69 Å². The van der Waals surface area contributed by atoms with E-state index in [4.69, 9.17) is 0 Å². The summed E-state index contributed by atoms with van der Waals surface area (Å²) >= 11 is 0. The van der Waals surface area contributed by atoms with Crippen LogP contribution in [0, 0.1) is 0 Å². The summed E-state index contributed by atoms with van der Waals surface area (Å²) in [6.07, 6.45) is 5.38. The Kier molecular flexibility index (Phi) is 3.99. The quantitative estimate of drug-likeness (QED) is 0.810. The zero-order valence-corrected chi connectivity index (χ0v) is 12.3. The number of carbonyl (C=O) groups is 1. The van der Waals surface area contributed by atoms with E-state index in [2.05, 4.69) is 27.3 Å². The van der Waals surface area contributed by atoms with Crippen LogP contribution in [0.1, 0.15) is 42.4 Å². The van der Waals surface area contributed by atoms with Gasteiger partial charge >= 0.3 is 0 Å². The molecule has 0 unspecified atom stereocenters. The van der Waals surface area contributed by atoms with Crippen molar-refractivity contribution in [3.8, 4) is 5.69 Å². The first-order valence-corrected chi connectivity index (χ1v) is 7.58. The van der Waals surface area contributed by atoms with Crippen LogP contribution in [0.5, 0.6) is 0 Å². The first-order valence-electron chi connectivity index (χ1n) is 7.58. The zero-order valence-electron chi connectivity index (χ0n) is 12.3. The second kappa shape index (κ2) is 6.08. The highest BCUT2D eigenvalue weighted by molar-refractivity contribution is 5.73. The van der Waals surface area contributed by atoms with Crippen LogP contribution in [0.15, 0.2) is 24.3 Å². The van der Waals surface area contributed by atoms with E-state index in [-0.39, 0.29) is 0 Å². The van der Waals surface area contributed by atoms with Crippen molar-refractivity contribution in [2.24, 2.45) is 0 Å². The second-order valence-corrected chi connectivity index (χ2v) is 5.37. The van der Waals surface area contributed by atoms with Crippen molar-refractivity contribution in [3.63, 3.8) is 0 Å². The van der Waals surface area contributed by atoms with Crippen LogP contribution < -0.4 is 4.90 Å². The third-order valence-corrected chi connectivity index (χ3v) is 4.06. The molecule has 3 rings (SSSR count). The molecule has 0 bridgehead atoms. The third kappa shape index (κ3) is 2.68. The highest BCUT2D eigenvalue weighted by atomic mass is 16.1. The van der Waals surface area contributed by atoms with Crippen LogP contribution in [-0.2, 0) is 6.42 Å². The predicted octanol–water partition coefficient (Wildman–Crippen LogP) is 2.63. The normalized spacial score (nSPS) is 15.2. The fourth-order valence-corrected chi connectivity index (χ4v) is 2.90. The molecule has 0 saturated carbocycles. The molecule has 0 radical (unpaired) electrons. The van der Waals surface area contributed by atoms with Gasteiger partial charge in [0.05, 0.1) is 11.4 Å². The van der Waals surface area contributed by atoms with Crippen LogP contribution in [0.3, 0.4) is 0 Å². The molecule has 110 valence electrons. The van der Waals surface area contributed by atoms with Gasteiger partial charge in [0.15, 0.2) is 6.29 Å². The lowest BCUT2D eigenvalue weighted by Gasteiger charge is -2.28. The van der Waals surface area contributed by atoms with Crippen molar-refractivity contribution < 1.29 is 4.79 Å². The van der Waals surface area contributed by atoms with Crippen LogP contribution in [-0.4, -0.2) is 34.4 Å². The number of benzene rings is 1. The molecule has 0 amide bonds. The van der Waals surface area contributed by atoms with Gasteiger partial charge in [-0.05, 0) is 49.9 Å². The summed E-state index contributed by atoms with van der Waals surface area (Å²) in [5.41, 5.74) is 3.49. The maximum atomic E-state index is 11.0. The number of hydrogen-bond acceptors (Lipinski definition) is 4. The molecule has 1 fully saturated rings. The van der Waals surface area contributed by atoms with Crippen molar-refractivity contribution in [1.29, 1.82) is 0 Å². The Bertz CT molecular complexity index is 612. The van der Waals surface area contributed by atoms with Crippen molar-refractivity contribution in [1.82, 2.24) is 15.0 Å². The molecule has 2 aromatic rings. The molecule has 1 aliphatic heterocycles. The highest BCUT2D eigenvalue weighted by Crippen LogP contribution is 2.22. The lowest BCUT2D eigenvalue weighted by molar-refractivity contribution is 0.111. The van der Waals surface area contributed by atoms with Gasteiger partial charge in [-0.2, -0.15) is 0 Å². The summed E-state index contributed by atoms with van der Waals surface area (Å²) in [6, 6.07) is 8.35. The number of aldehydes is 1. The molecule has 1 aliphatic rings. The number of aromatic nitrogens is 3. The first-order chi connectivity index (χ1) is 10.3. The monoisotopic (exact) mass is 284 g/mol. The Hall–Kier alpha value is -2.17. The van der Waals surface area contributed by atoms with Gasteiger partial charge in [0.25, 0.3) is 0 Å². The Morgan fingerprint density at radius 1 is 1.10 bits per heavy atom. The third-order valence-electron chi connectivity index (χ3n) is 4.06. The van der Waals surface area contributed by atoms with Crippen LogP contribution >= 0.6 is 0 Å². The molecule has 5 nitrogen and oxygen atoms in total. The van der Waals surface area contributed by atoms with E-state index in [1.165, 1.54) is 24.9 Å². The van der Waals surface area contributed by atoms with E-state index < -0.39 is 0 Å². The summed E-state index contributed by atoms with van der Waals surface area (Å²) in [5.74, 6) is 0. The molecule has 1 aromatic heterocycles. The maximum Gasteiger partial charge on any atom is 0.172 e. The Morgan fingerprint density at radius 2 is 1.76 bits per heavy atom. The predicted molar refractivity (Wildman–Crippen MR) is 82.2 cm³/mol. The second-order valence-electron chi connectivity index (χ2n) is 5.37. The minimum atomic E-state index is 0.428. The Balaban J connectivity index is 1.86. The lowest BCUT2D eigenvalue weighted by atomic mass is 10.1. The smallest absolute Gasteiger partial charge is 0.172 e. The van der Waals surface area contributed by atoms with Gasteiger partial charge in [0, 0.05) is 18.8 Å².